The van der Waals surface area contributed by atoms with E-state index in [1.807, 2.05) is 0 Å². The molecule has 1 saturated heterocycles. The molecule has 0 radical (unpaired) electrons. The van der Waals surface area contributed by atoms with Gasteiger partial charge in [0, 0.05) is 5.92 Å². The van der Waals surface area contributed by atoms with E-state index in [-0.39, 0.29) is 17.9 Å². The molecule has 10 heavy (non-hydrogen) atoms. The summed E-state index contributed by atoms with van der Waals surface area (Å²) in [4.78, 5) is 10.8. The van der Waals surface area contributed by atoms with Crippen LogP contribution in [0.25, 0.3) is 0 Å². The van der Waals surface area contributed by atoms with E-state index in [9.17, 15) is 9.18 Å². The molecule has 0 aromatic heterocycles. The van der Waals surface area contributed by atoms with Crippen molar-refractivity contribution in [1.29, 1.82) is 0 Å². The zero-order valence-electron chi connectivity index (χ0n) is 5.43. The quantitative estimate of drug-likeness (QED) is 0.530. The maximum absolute atomic E-state index is 12.0. The van der Waals surface area contributed by atoms with E-state index in [1.54, 1.807) is 0 Å². The predicted octanol–water partition coefficient (Wildman–Crippen LogP) is 0.748. The van der Waals surface area contributed by atoms with Crippen LogP contribution in [0.3, 0.4) is 0 Å². The van der Waals surface area contributed by atoms with Crippen LogP contribution >= 0.6 is 0 Å². The van der Waals surface area contributed by atoms with Gasteiger partial charge in [0.05, 0.1) is 12.4 Å². The van der Waals surface area contributed by atoms with Crippen LogP contribution in [0, 0.1) is 5.92 Å². The van der Waals surface area contributed by atoms with Gasteiger partial charge in [-0.05, 0) is 18.4 Å². The monoisotopic (exact) mass is 141 g/mol. The second-order valence-electron chi connectivity index (χ2n) is 2.88. The molecule has 1 heterocycles. The van der Waals surface area contributed by atoms with E-state index in [0.717, 1.165) is 12.0 Å². The third-order valence-corrected chi connectivity index (χ3v) is 2.28. The average molecular weight is 141 g/mol. The summed E-state index contributed by atoms with van der Waals surface area (Å²) in [5.41, 5.74) is 0.754. The van der Waals surface area contributed by atoms with Crippen LogP contribution in [0.5, 0.6) is 0 Å². The van der Waals surface area contributed by atoms with Gasteiger partial charge in [-0.15, -0.1) is 0 Å². The van der Waals surface area contributed by atoms with Gasteiger partial charge in [-0.3, -0.25) is 4.79 Å². The van der Waals surface area contributed by atoms with Crippen molar-refractivity contribution in [3.63, 3.8) is 0 Å². The minimum atomic E-state index is 0.0162. The third-order valence-electron chi connectivity index (χ3n) is 2.28. The summed E-state index contributed by atoms with van der Waals surface area (Å²) < 4.78 is 12.0. The number of halogens is 1. The first-order chi connectivity index (χ1) is 4.81. The summed E-state index contributed by atoms with van der Waals surface area (Å²) in [5.74, 6) is 0.155. The normalized spacial score (nSPS) is 40.9. The smallest absolute Gasteiger partial charge is 0.223 e. The summed E-state index contributed by atoms with van der Waals surface area (Å²) in [6.45, 7) is 0. The van der Waals surface area contributed by atoms with Gasteiger partial charge >= 0.3 is 0 Å². The maximum atomic E-state index is 12.0. The fourth-order valence-electron chi connectivity index (χ4n) is 1.71. The highest BCUT2D eigenvalue weighted by Crippen LogP contribution is 2.36. The van der Waals surface area contributed by atoms with E-state index in [0.29, 0.717) is 12.8 Å². The SMILES string of the molecule is O=C1N[C@H]2C[C@@H]1C/C2=C/F. The van der Waals surface area contributed by atoms with Gasteiger partial charge < -0.3 is 5.32 Å². The second-order valence-corrected chi connectivity index (χ2v) is 2.88. The van der Waals surface area contributed by atoms with Crippen molar-refractivity contribution in [1.82, 2.24) is 5.32 Å². The molecule has 2 bridgehead atoms. The van der Waals surface area contributed by atoms with Crippen molar-refractivity contribution < 1.29 is 9.18 Å². The summed E-state index contributed by atoms with van der Waals surface area (Å²) >= 11 is 0. The van der Waals surface area contributed by atoms with E-state index in [4.69, 9.17) is 0 Å². The Labute approximate surface area is 58.1 Å². The molecule has 3 heteroatoms. The highest BCUT2D eigenvalue weighted by molar-refractivity contribution is 5.84. The lowest BCUT2D eigenvalue weighted by atomic mass is 10.1. The number of hydrogen-bond donors (Lipinski definition) is 1. The first-order valence-corrected chi connectivity index (χ1v) is 3.41. The Kier molecular flexibility index (Phi) is 1.07. The van der Waals surface area contributed by atoms with Crippen molar-refractivity contribution >= 4 is 5.91 Å². The van der Waals surface area contributed by atoms with Crippen LogP contribution in [0.2, 0.25) is 0 Å². The molecule has 1 aliphatic heterocycles. The first-order valence-electron chi connectivity index (χ1n) is 3.41. The summed E-state index contributed by atoms with van der Waals surface area (Å²) in [6, 6.07) is 0.0162. The number of piperidine rings is 1. The Bertz CT molecular complexity index is 212. The molecular weight excluding hydrogens is 133 g/mol. The zero-order valence-corrected chi connectivity index (χ0v) is 5.43. The van der Waals surface area contributed by atoms with E-state index < -0.39 is 0 Å². The van der Waals surface area contributed by atoms with Crippen LogP contribution in [0.1, 0.15) is 12.8 Å². The molecule has 2 nitrogen and oxygen atoms in total. The van der Waals surface area contributed by atoms with E-state index >= 15 is 0 Å². The molecule has 1 amide bonds. The van der Waals surface area contributed by atoms with Gasteiger partial charge in [0.15, 0.2) is 0 Å². The molecule has 2 atom stereocenters. The fraction of sp³-hybridized carbons (Fsp3) is 0.571. The number of carbonyl (C=O) groups is 1. The standard InChI is InChI=1S/C7H8FNO/c8-3-5-1-4-2-6(5)9-7(4)10/h3-4,6H,1-2H2,(H,9,10)/b5-3-/t4-,6-/m0/s1. The van der Waals surface area contributed by atoms with Gasteiger partial charge in [-0.25, -0.2) is 4.39 Å². The zero-order chi connectivity index (χ0) is 7.14. The minimum Gasteiger partial charge on any atom is -0.349 e. The lowest BCUT2D eigenvalue weighted by Crippen LogP contribution is -2.31. The molecule has 2 aliphatic rings. The largest absolute Gasteiger partial charge is 0.349 e. The fourth-order valence-corrected chi connectivity index (χ4v) is 1.71. The molecule has 54 valence electrons. The van der Waals surface area contributed by atoms with Gasteiger partial charge in [0.25, 0.3) is 0 Å². The van der Waals surface area contributed by atoms with Crippen LogP contribution in [0.4, 0.5) is 4.39 Å². The van der Waals surface area contributed by atoms with Crippen molar-refractivity contribution in [2.45, 2.75) is 18.9 Å². The number of hydrogen-bond acceptors (Lipinski definition) is 1. The summed E-state index contributed by atoms with van der Waals surface area (Å²) in [7, 11) is 0. The highest BCUT2D eigenvalue weighted by atomic mass is 19.1. The molecule has 2 fully saturated rings. The molecule has 0 aromatic carbocycles. The van der Waals surface area contributed by atoms with E-state index in [1.165, 1.54) is 0 Å². The van der Waals surface area contributed by atoms with Gasteiger partial charge in [-0.2, -0.15) is 0 Å². The number of amides is 1. The Hall–Kier alpha value is -0.860. The molecule has 0 spiro atoms. The first kappa shape index (κ1) is 5.89. The molecule has 0 unspecified atom stereocenters. The maximum Gasteiger partial charge on any atom is 0.223 e. The Balaban J connectivity index is 2.24. The lowest BCUT2D eigenvalue weighted by Gasteiger charge is -2.12. The van der Waals surface area contributed by atoms with Crippen molar-refractivity contribution in [3.05, 3.63) is 11.9 Å². The number of fused-ring (bicyclic) bond motifs is 2. The topological polar surface area (TPSA) is 29.1 Å². The Morgan fingerprint density at radius 3 is 2.90 bits per heavy atom. The van der Waals surface area contributed by atoms with Gasteiger partial charge in [-0.1, -0.05) is 0 Å². The number of nitrogens with one attached hydrogen (secondary N) is 1. The molecule has 1 N–H and O–H groups in total. The van der Waals surface area contributed by atoms with Gasteiger partial charge in [0.1, 0.15) is 0 Å². The van der Waals surface area contributed by atoms with E-state index in [2.05, 4.69) is 5.32 Å². The lowest BCUT2D eigenvalue weighted by molar-refractivity contribution is -0.123. The molecular formula is C7H8FNO. The molecule has 1 aliphatic carbocycles. The van der Waals surface area contributed by atoms with Crippen LogP contribution < -0.4 is 5.32 Å². The molecule has 1 saturated carbocycles. The van der Waals surface area contributed by atoms with Crippen molar-refractivity contribution in [2.75, 3.05) is 0 Å². The third kappa shape index (κ3) is 0.602. The number of rotatable bonds is 0. The molecule has 2 rings (SSSR count). The van der Waals surface area contributed by atoms with Crippen molar-refractivity contribution in [3.8, 4) is 0 Å². The van der Waals surface area contributed by atoms with Gasteiger partial charge in [0.2, 0.25) is 5.91 Å². The van der Waals surface area contributed by atoms with Crippen LogP contribution in [-0.4, -0.2) is 11.9 Å². The summed E-state index contributed by atoms with van der Waals surface area (Å²) in [5, 5.41) is 2.71. The summed E-state index contributed by atoms with van der Waals surface area (Å²) in [6.07, 6.45) is 2.06. The molecule has 0 aromatic rings. The van der Waals surface area contributed by atoms with Crippen LogP contribution in [-0.2, 0) is 4.79 Å². The number of carbonyl (C=O) groups excluding carboxylic acids is 1. The minimum absolute atomic E-state index is 0.0162. The Morgan fingerprint density at radius 2 is 2.50 bits per heavy atom. The predicted molar refractivity (Wildman–Crippen MR) is 33.8 cm³/mol. The van der Waals surface area contributed by atoms with Crippen LogP contribution in [0.15, 0.2) is 11.9 Å². The van der Waals surface area contributed by atoms with Crippen molar-refractivity contribution in [2.24, 2.45) is 5.92 Å². The highest BCUT2D eigenvalue weighted by Gasteiger charge is 2.41. The average Bonchev–Trinajstić information content (AvgIpc) is 2.44. The Morgan fingerprint density at radius 1 is 1.70 bits per heavy atom. The second kappa shape index (κ2) is 1.81.